The van der Waals surface area contributed by atoms with Crippen LogP contribution in [0.15, 0.2) is 23.0 Å². The summed E-state index contributed by atoms with van der Waals surface area (Å²) in [5, 5.41) is 12.1. The van der Waals surface area contributed by atoms with E-state index in [2.05, 4.69) is 10.0 Å². The molecule has 0 saturated carbocycles. The zero-order chi connectivity index (χ0) is 15.0. The number of hydrogen-bond donors (Lipinski definition) is 2. The first-order valence-corrected chi connectivity index (χ1v) is 8.06. The largest absolute Gasteiger partial charge is 0.317 e. The van der Waals surface area contributed by atoms with E-state index in [1.54, 1.807) is 17.3 Å². The molecule has 1 aromatic rings. The first-order chi connectivity index (χ1) is 10.1. The second-order valence-corrected chi connectivity index (χ2v) is 6.55. The Morgan fingerprint density at radius 2 is 2.38 bits per heavy atom. The monoisotopic (exact) mass is 327 g/mol. The molecule has 1 amide bonds. The summed E-state index contributed by atoms with van der Waals surface area (Å²) in [6.45, 7) is 1.92. The molecule has 0 bridgehead atoms. The Morgan fingerprint density at radius 3 is 3.05 bits per heavy atom. The van der Waals surface area contributed by atoms with Crippen molar-refractivity contribution in [3.63, 3.8) is 0 Å². The number of amides is 1. The average Bonchev–Trinajstić information content (AvgIpc) is 2.90. The predicted octanol–water partition coefficient (Wildman–Crippen LogP) is 1.34. The molecule has 2 aliphatic rings. The van der Waals surface area contributed by atoms with Crippen molar-refractivity contribution in [1.29, 1.82) is 0 Å². The normalized spacial score (nSPS) is 25.3. The van der Waals surface area contributed by atoms with Crippen LogP contribution in [0.5, 0.6) is 0 Å². The topological polar surface area (TPSA) is 97.9 Å². The molecule has 2 atom stereocenters. The number of fused-ring (bicyclic) bond motifs is 1. The molecule has 112 valence electrons. The molecule has 3 heterocycles. The molecular weight excluding hydrogens is 314 g/mol. The van der Waals surface area contributed by atoms with Gasteiger partial charge in [-0.3, -0.25) is 14.6 Å². The van der Waals surface area contributed by atoms with Crippen molar-refractivity contribution in [2.75, 3.05) is 5.75 Å². The van der Waals surface area contributed by atoms with Crippen LogP contribution in [0.1, 0.15) is 10.6 Å². The van der Waals surface area contributed by atoms with Crippen molar-refractivity contribution in [1.82, 2.24) is 9.88 Å². The molecule has 2 aliphatic heterocycles. The highest BCUT2D eigenvalue weighted by Crippen LogP contribution is 2.40. The van der Waals surface area contributed by atoms with Gasteiger partial charge in [-0.15, -0.1) is 23.1 Å². The number of aromatic nitrogens is 1. The van der Waals surface area contributed by atoms with Gasteiger partial charge < -0.3 is 5.73 Å². The van der Waals surface area contributed by atoms with Gasteiger partial charge in [-0.05, 0) is 18.0 Å². The number of hydrogen-bond acceptors (Lipinski definition) is 8. The minimum Gasteiger partial charge on any atom is -0.317 e. The summed E-state index contributed by atoms with van der Waals surface area (Å²) in [4.78, 5) is 23.2. The number of allylic oxidation sites excluding steroid dienone is 1. The Kier molecular flexibility index (Phi) is 4.00. The first-order valence-electron chi connectivity index (χ1n) is 6.13. The van der Waals surface area contributed by atoms with Crippen molar-refractivity contribution >= 4 is 35.1 Å². The van der Waals surface area contributed by atoms with E-state index < -0.39 is 6.04 Å². The number of carbonyl (C=O) groups excluding carboxylic acids is 1. The maximum atomic E-state index is 11.8. The summed E-state index contributed by atoms with van der Waals surface area (Å²) in [6, 6.07) is -0.540. The van der Waals surface area contributed by atoms with Crippen LogP contribution >= 0.6 is 23.1 Å². The molecule has 0 radical (unpaired) electrons. The van der Waals surface area contributed by atoms with Gasteiger partial charge in [0.15, 0.2) is 0 Å². The molecule has 3 N–H and O–H groups in total. The van der Waals surface area contributed by atoms with Crippen LogP contribution in [0, 0.1) is 6.92 Å². The standard InChI is InChI=1S/C12H13N3O4S2/c1-6-8(21-5-14-6)3-2-7-4-20-12-9(13)10(16)15(12)11(7)18-19-17/h2-3,5,9,12,17H,4,13H2,1H3/b3-2-. The Hall–Kier alpha value is -1.39. The summed E-state index contributed by atoms with van der Waals surface area (Å²) in [5.41, 5.74) is 9.16. The Balaban J connectivity index is 1.89. The van der Waals surface area contributed by atoms with Crippen molar-refractivity contribution < 1.29 is 20.0 Å². The second-order valence-electron chi connectivity index (χ2n) is 4.56. The third-order valence-electron chi connectivity index (χ3n) is 3.32. The lowest BCUT2D eigenvalue weighted by Gasteiger charge is -2.46. The molecule has 9 heteroatoms. The minimum absolute atomic E-state index is 0.176. The van der Waals surface area contributed by atoms with Crippen molar-refractivity contribution in [2.45, 2.75) is 18.3 Å². The van der Waals surface area contributed by atoms with Crippen molar-refractivity contribution in [3.8, 4) is 0 Å². The lowest BCUT2D eigenvalue weighted by Crippen LogP contribution is -2.67. The zero-order valence-electron chi connectivity index (χ0n) is 11.1. The molecule has 0 aromatic carbocycles. The summed E-state index contributed by atoms with van der Waals surface area (Å²) < 4.78 is 0. The number of thiazole rings is 1. The van der Waals surface area contributed by atoms with Gasteiger partial charge in [0.1, 0.15) is 11.4 Å². The third kappa shape index (κ3) is 2.47. The maximum Gasteiger partial charge on any atom is 0.250 e. The molecule has 0 spiro atoms. The van der Waals surface area contributed by atoms with Crippen LogP contribution in [0.3, 0.4) is 0 Å². The third-order valence-corrected chi connectivity index (χ3v) is 5.54. The smallest absolute Gasteiger partial charge is 0.250 e. The molecular formula is C12H13N3O4S2. The number of nitrogens with two attached hydrogens (primary N) is 1. The molecule has 2 unspecified atom stereocenters. The van der Waals surface area contributed by atoms with Gasteiger partial charge in [-0.1, -0.05) is 6.08 Å². The van der Waals surface area contributed by atoms with Crippen LogP contribution in [0.2, 0.25) is 0 Å². The Labute approximate surface area is 128 Å². The van der Waals surface area contributed by atoms with Gasteiger partial charge in [0.05, 0.1) is 11.2 Å². The predicted molar refractivity (Wildman–Crippen MR) is 78.8 cm³/mol. The number of carbonyl (C=O) groups is 1. The van der Waals surface area contributed by atoms with E-state index >= 15 is 0 Å². The lowest BCUT2D eigenvalue weighted by molar-refractivity contribution is -0.479. The fraction of sp³-hybridized carbons (Fsp3) is 0.333. The molecule has 1 saturated heterocycles. The van der Waals surface area contributed by atoms with E-state index in [1.165, 1.54) is 16.2 Å². The number of aryl methyl sites for hydroxylation is 1. The van der Waals surface area contributed by atoms with E-state index in [0.29, 0.717) is 5.75 Å². The van der Waals surface area contributed by atoms with Gasteiger partial charge >= 0.3 is 0 Å². The van der Waals surface area contributed by atoms with E-state index in [-0.39, 0.29) is 17.2 Å². The first kappa shape index (κ1) is 14.5. The number of β-lactam (4-membered cyclic amide) rings is 1. The van der Waals surface area contributed by atoms with Gasteiger partial charge in [-0.2, -0.15) is 0 Å². The highest BCUT2D eigenvalue weighted by atomic mass is 32.2. The maximum absolute atomic E-state index is 11.8. The zero-order valence-corrected chi connectivity index (χ0v) is 12.7. The van der Waals surface area contributed by atoms with E-state index in [9.17, 15) is 4.79 Å². The fourth-order valence-electron chi connectivity index (χ4n) is 2.17. The van der Waals surface area contributed by atoms with Crippen molar-refractivity contribution in [2.24, 2.45) is 5.73 Å². The summed E-state index contributed by atoms with van der Waals surface area (Å²) >= 11 is 3.07. The van der Waals surface area contributed by atoms with Gasteiger partial charge in [0, 0.05) is 16.2 Å². The Morgan fingerprint density at radius 1 is 1.57 bits per heavy atom. The molecule has 21 heavy (non-hydrogen) atoms. The lowest BCUT2D eigenvalue weighted by atomic mass is 10.1. The summed E-state index contributed by atoms with van der Waals surface area (Å²) in [5.74, 6) is 0.542. The van der Waals surface area contributed by atoms with E-state index in [0.717, 1.165) is 16.1 Å². The fourth-order valence-corrected chi connectivity index (χ4v) is 4.10. The van der Waals surface area contributed by atoms with Gasteiger partial charge in [0.2, 0.25) is 11.8 Å². The summed E-state index contributed by atoms with van der Waals surface area (Å²) in [7, 11) is 0. The Bertz CT molecular complexity index is 628. The number of thioether (sulfide) groups is 1. The highest BCUT2D eigenvalue weighted by Gasteiger charge is 2.51. The van der Waals surface area contributed by atoms with Crippen LogP contribution in [0.25, 0.3) is 6.08 Å². The molecule has 1 aromatic heterocycles. The SMILES string of the molecule is Cc1ncsc1/C=C\C1=C(OOO)N2C(=O)C(N)C2SC1. The van der Waals surface area contributed by atoms with Gasteiger partial charge in [-0.25, -0.2) is 10.2 Å². The van der Waals surface area contributed by atoms with Crippen LogP contribution in [0.4, 0.5) is 0 Å². The van der Waals surface area contributed by atoms with Crippen LogP contribution < -0.4 is 5.73 Å². The van der Waals surface area contributed by atoms with Crippen molar-refractivity contribution in [3.05, 3.63) is 33.6 Å². The quantitative estimate of drug-likeness (QED) is 0.489. The van der Waals surface area contributed by atoms with Crippen LogP contribution in [-0.4, -0.2) is 38.2 Å². The van der Waals surface area contributed by atoms with E-state index in [1.807, 2.05) is 19.1 Å². The van der Waals surface area contributed by atoms with E-state index in [4.69, 9.17) is 15.9 Å². The number of nitrogens with zero attached hydrogens (tertiary/aromatic N) is 2. The molecule has 3 rings (SSSR count). The molecule has 7 nitrogen and oxygen atoms in total. The highest BCUT2D eigenvalue weighted by molar-refractivity contribution is 8.00. The molecule has 0 aliphatic carbocycles. The van der Waals surface area contributed by atoms with Crippen LogP contribution in [-0.2, 0) is 14.7 Å². The summed E-state index contributed by atoms with van der Waals surface area (Å²) in [6.07, 6.45) is 3.73. The second kappa shape index (κ2) is 5.78. The minimum atomic E-state index is -0.540. The average molecular weight is 327 g/mol. The molecule has 1 fully saturated rings. The van der Waals surface area contributed by atoms with Gasteiger partial charge in [0.25, 0.3) is 0 Å². The number of rotatable bonds is 4.